The van der Waals surface area contributed by atoms with Gasteiger partial charge in [-0.15, -0.1) is 0 Å². The monoisotopic (exact) mass is 308 g/mol. The van der Waals surface area contributed by atoms with E-state index in [2.05, 4.69) is 0 Å². The van der Waals surface area contributed by atoms with Gasteiger partial charge >= 0.3 is 5.97 Å². The molecule has 0 N–H and O–H groups in total. The van der Waals surface area contributed by atoms with Crippen LogP contribution in [0.2, 0.25) is 0 Å². The van der Waals surface area contributed by atoms with Crippen molar-refractivity contribution in [2.24, 2.45) is 5.92 Å². The fraction of sp³-hybridized carbons (Fsp3) is 0.562. The average molecular weight is 308 g/mol. The summed E-state index contributed by atoms with van der Waals surface area (Å²) in [7, 11) is -2.94. The minimum Gasteiger partial charge on any atom is -0.454 e. The Labute approximate surface area is 125 Å². The number of ether oxygens (including phenoxy) is 1. The molecule has 0 aromatic heterocycles. The maximum Gasteiger partial charge on any atom is 0.306 e. The lowest BCUT2D eigenvalue weighted by atomic mass is 9.75. The van der Waals surface area contributed by atoms with E-state index in [1.165, 1.54) is 0 Å². The lowest BCUT2D eigenvalue weighted by Gasteiger charge is -2.41. The second-order valence-corrected chi connectivity index (χ2v) is 8.39. The molecule has 5 heteroatoms. The molecule has 0 bridgehead atoms. The van der Waals surface area contributed by atoms with E-state index in [-0.39, 0.29) is 29.8 Å². The van der Waals surface area contributed by atoms with Crippen LogP contribution in [0.25, 0.3) is 0 Å². The van der Waals surface area contributed by atoms with E-state index in [4.69, 9.17) is 4.74 Å². The zero-order valence-electron chi connectivity index (χ0n) is 12.0. The number of benzene rings is 1. The average Bonchev–Trinajstić information content (AvgIpc) is 2.74. The molecule has 1 unspecified atom stereocenters. The second kappa shape index (κ2) is 5.44. The molecular formula is C16H20O4S. The molecule has 3 rings (SSSR count). The predicted octanol–water partition coefficient (Wildman–Crippen LogP) is 2.43. The van der Waals surface area contributed by atoms with Crippen LogP contribution in [0.5, 0.6) is 0 Å². The summed E-state index contributed by atoms with van der Waals surface area (Å²) in [5.41, 5.74) is 0.569. The van der Waals surface area contributed by atoms with Gasteiger partial charge in [0.05, 0.1) is 11.5 Å². The highest BCUT2D eigenvalue weighted by Crippen LogP contribution is 2.45. The molecule has 0 spiro atoms. The van der Waals surface area contributed by atoms with Gasteiger partial charge in [-0.05, 0) is 37.2 Å². The van der Waals surface area contributed by atoms with Crippen molar-refractivity contribution in [3.8, 4) is 0 Å². The van der Waals surface area contributed by atoms with Gasteiger partial charge < -0.3 is 4.74 Å². The number of hydrogen-bond acceptors (Lipinski definition) is 4. The second-order valence-electron chi connectivity index (χ2n) is 6.16. The van der Waals surface area contributed by atoms with Crippen LogP contribution in [0.1, 0.15) is 37.7 Å². The van der Waals surface area contributed by atoms with Crippen LogP contribution < -0.4 is 0 Å². The lowest BCUT2D eigenvalue weighted by molar-refractivity contribution is -0.172. The molecule has 114 valence electrons. The van der Waals surface area contributed by atoms with Crippen LogP contribution >= 0.6 is 0 Å². The fourth-order valence-corrected chi connectivity index (χ4v) is 5.08. The summed E-state index contributed by atoms with van der Waals surface area (Å²) < 4.78 is 28.6. The third-order valence-corrected chi connectivity index (χ3v) is 6.39. The number of rotatable bonds is 4. The van der Waals surface area contributed by atoms with Crippen LogP contribution in [0, 0.1) is 5.92 Å². The number of carbonyl (C=O) groups is 1. The minimum atomic E-state index is -2.94. The lowest BCUT2D eigenvalue weighted by Crippen LogP contribution is -2.39. The van der Waals surface area contributed by atoms with Crippen molar-refractivity contribution in [3.63, 3.8) is 0 Å². The van der Waals surface area contributed by atoms with Crippen molar-refractivity contribution in [1.82, 2.24) is 0 Å². The number of esters is 1. The first-order valence-corrected chi connectivity index (χ1v) is 9.29. The summed E-state index contributed by atoms with van der Waals surface area (Å²) in [6.07, 6.45) is 3.56. The maximum absolute atomic E-state index is 12.2. The predicted molar refractivity (Wildman–Crippen MR) is 79.4 cm³/mol. The molecule has 21 heavy (non-hydrogen) atoms. The molecule has 1 saturated heterocycles. The molecule has 1 aromatic carbocycles. The highest BCUT2D eigenvalue weighted by Gasteiger charge is 2.43. The fourth-order valence-electron chi connectivity index (χ4n) is 3.22. The van der Waals surface area contributed by atoms with Crippen molar-refractivity contribution in [2.45, 2.75) is 37.7 Å². The first-order chi connectivity index (χ1) is 9.99. The van der Waals surface area contributed by atoms with Gasteiger partial charge in [-0.3, -0.25) is 4.79 Å². The van der Waals surface area contributed by atoms with Crippen LogP contribution in [0.4, 0.5) is 0 Å². The van der Waals surface area contributed by atoms with Crippen molar-refractivity contribution >= 4 is 15.8 Å². The van der Waals surface area contributed by atoms with E-state index in [9.17, 15) is 13.2 Å². The molecule has 2 fully saturated rings. The Morgan fingerprint density at radius 1 is 1.24 bits per heavy atom. The highest BCUT2D eigenvalue weighted by atomic mass is 32.2. The summed E-state index contributed by atoms with van der Waals surface area (Å²) in [4.78, 5) is 12.2. The number of carbonyl (C=O) groups excluding carboxylic acids is 1. The maximum atomic E-state index is 12.2. The Bertz CT molecular complexity index is 617. The van der Waals surface area contributed by atoms with E-state index in [1.807, 2.05) is 30.3 Å². The smallest absolute Gasteiger partial charge is 0.306 e. The number of hydrogen-bond donors (Lipinski definition) is 0. The van der Waals surface area contributed by atoms with Gasteiger partial charge in [0.25, 0.3) is 0 Å². The molecule has 1 aromatic rings. The number of sulfone groups is 1. The Hall–Kier alpha value is -1.36. The van der Waals surface area contributed by atoms with Crippen molar-refractivity contribution < 1.29 is 17.9 Å². The highest BCUT2D eigenvalue weighted by molar-refractivity contribution is 7.91. The topological polar surface area (TPSA) is 60.4 Å². The van der Waals surface area contributed by atoms with E-state index in [0.29, 0.717) is 6.42 Å². The first kappa shape index (κ1) is 14.6. The molecule has 4 nitrogen and oxygen atoms in total. The Balaban J connectivity index is 1.64. The molecule has 1 aliphatic carbocycles. The Morgan fingerprint density at radius 3 is 2.48 bits per heavy atom. The van der Waals surface area contributed by atoms with Gasteiger partial charge in [0.15, 0.2) is 9.84 Å². The van der Waals surface area contributed by atoms with Crippen molar-refractivity contribution in [3.05, 3.63) is 35.9 Å². The minimum absolute atomic E-state index is 0.0737. The SMILES string of the molecule is O=C(CC1CCS(=O)(=O)C1)OC1(c2ccccc2)CCC1. The molecular weight excluding hydrogens is 288 g/mol. The summed E-state index contributed by atoms with van der Waals surface area (Å²) in [6.45, 7) is 0. The van der Waals surface area contributed by atoms with Crippen LogP contribution in [0.3, 0.4) is 0 Å². The van der Waals surface area contributed by atoms with Crippen LogP contribution in [-0.4, -0.2) is 25.9 Å². The summed E-state index contributed by atoms with van der Waals surface area (Å²) in [6, 6.07) is 9.83. The third-order valence-electron chi connectivity index (χ3n) is 4.55. The van der Waals surface area contributed by atoms with Gasteiger partial charge in [-0.1, -0.05) is 30.3 Å². The van der Waals surface area contributed by atoms with Crippen molar-refractivity contribution in [1.29, 1.82) is 0 Å². The van der Waals surface area contributed by atoms with E-state index in [0.717, 1.165) is 24.8 Å². The molecule has 2 aliphatic rings. The third kappa shape index (κ3) is 3.12. The molecule has 1 aliphatic heterocycles. The zero-order valence-corrected chi connectivity index (χ0v) is 12.8. The van der Waals surface area contributed by atoms with Crippen LogP contribution in [0.15, 0.2) is 30.3 Å². The Morgan fingerprint density at radius 2 is 1.95 bits per heavy atom. The van der Waals surface area contributed by atoms with Gasteiger partial charge in [-0.25, -0.2) is 8.42 Å². The summed E-state index contributed by atoms with van der Waals surface area (Å²) in [5.74, 6) is -0.00840. The summed E-state index contributed by atoms with van der Waals surface area (Å²) in [5, 5.41) is 0. The molecule has 0 radical (unpaired) electrons. The molecule has 1 heterocycles. The molecule has 1 saturated carbocycles. The van der Waals surface area contributed by atoms with Gasteiger partial charge in [0.2, 0.25) is 0 Å². The van der Waals surface area contributed by atoms with Crippen molar-refractivity contribution in [2.75, 3.05) is 11.5 Å². The normalized spacial score (nSPS) is 26.0. The first-order valence-electron chi connectivity index (χ1n) is 7.47. The van der Waals surface area contributed by atoms with Crippen LogP contribution in [-0.2, 0) is 25.0 Å². The molecule has 1 atom stereocenters. The van der Waals surface area contributed by atoms with E-state index in [1.54, 1.807) is 0 Å². The van der Waals surface area contributed by atoms with Gasteiger partial charge in [0.1, 0.15) is 5.60 Å². The van der Waals surface area contributed by atoms with Gasteiger partial charge in [-0.2, -0.15) is 0 Å². The van der Waals surface area contributed by atoms with E-state index < -0.39 is 15.4 Å². The Kier molecular flexibility index (Phi) is 3.78. The molecule has 0 amide bonds. The quantitative estimate of drug-likeness (QED) is 0.802. The zero-order chi connectivity index (χ0) is 14.9. The van der Waals surface area contributed by atoms with E-state index >= 15 is 0 Å². The standard InChI is InChI=1S/C16H20O4S/c17-15(11-13-7-10-21(18,19)12-13)20-16(8-4-9-16)14-5-2-1-3-6-14/h1-3,5-6,13H,4,7-12H2. The summed E-state index contributed by atoms with van der Waals surface area (Å²) >= 11 is 0. The van der Waals surface area contributed by atoms with Gasteiger partial charge in [0, 0.05) is 6.42 Å². The largest absolute Gasteiger partial charge is 0.454 e.